The molecule has 0 aliphatic rings. The molecule has 0 unspecified atom stereocenters. The van der Waals surface area contributed by atoms with Crippen molar-refractivity contribution in [3.8, 4) is 0 Å². The summed E-state index contributed by atoms with van der Waals surface area (Å²) in [4.78, 5) is 0. The standard InChI is InChI=1S/C18H38O.C2H6O/c1-2-3-4-5-6-7-8-9-10-11-12-13-14-15-16-17-18-19;1-3-2/h19H,2-18H2,1H3;1-2H3. The molecule has 2 heteroatoms. The lowest BCUT2D eigenvalue weighted by Crippen LogP contribution is -1.85. The lowest BCUT2D eigenvalue weighted by Gasteiger charge is -2.03. The second kappa shape index (κ2) is 25.9. The zero-order valence-electron chi connectivity index (χ0n) is 15.9. The molecule has 0 heterocycles. The lowest BCUT2D eigenvalue weighted by molar-refractivity contribution is 0.277. The van der Waals surface area contributed by atoms with Crippen molar-refractivity contribution < 1.29 is 9.84 Å². The predicted molar refractivity (Wildman–Crippen MR) is 99.6 cm³/mol. The summed E-state index contributed by atoms with van der Waals surface area (Å²) in [5.41, 5.74) is 0. The first-order valence-electron chi connectivity index (χ1n) is 9.84. The van der Waals surface area contributed by atoms with Gasteiger partial charge in [-0.15, -0.1) is 0 Å². The topological polar surface area (TPSA) is 29.5 Å². The maximum absolute atomic E-state index is 8.67. The molecule has 0 saturated carbocycles. The average molecular weight is 317 g/mol. The van der Waals surface area contributed by atoms with Crippen LogP contribution >= 0.6 is 0 Å². The summed E-state index contributed by atoms with van der Waals surface area (Å²) in [6, 6.07) is 0. The molecule has 0 spiro atoms. The van der Waals surface area contributed by atoms with Gasteiger partial charge in [0.2, 0.25) is 0 Å². The average Bonchev–Trinajstić information content (AvgIpc) is 2.52. The van der Waals surface area contributed by atoms with Gasteiger partial charge in [-0.3, -0.25) is 0 Å². The van der Waals surface area contributed by atoms with Crippen LogP contribution in [0.5, 0.6) is 0 Å². The Morgan fingerprint density at radius 2 is 0.727 bits per heavy atom. The first-order chi connectivity index (χ1) is 10.8. The highest BCUT2D eigenvalue weighted by atomic mass is 16.4. The van der Waals surface area contributed by atoms with E-state index in [1.54, 1.807) is 14.2 Å². The number of hydrogen-bond acceptors (Lipinski definition) is 2. The first-order valence-corrected chi connectivity index (χ1v) is 9.84. The minimum atomic E-state index is 0.373. The van der Waals surface area contributed by atoms with Gasteiger partial charge in [-0.1, -0.05) is 103 Å². The number of methoxy groups -OCH3 is 1. The van der Waals surface area contributed by atoms with Crippen LogP contribution in [-0.4, -0.2) is 25.9 Å². The van der Waals surface area contributed by atoms with Crippen LogP contribution in [-0.2, 0) is 4.74 Å². The second-order valence-corrected chi connectivity index (χ2v) is 6.44. The smallest absolute Gasteiger partial charge is 0.0431 e. The third kappa shape index (κ3) is 28.1. The van der Waals surface area contributed by atoms with Gasteiger partial charge in [-0.25, -0.2) is 0 Å². The maximum Gasteiger partial charge on any atom is 0.0431 e. The van der Waals surface area contributed by atoms with Gasteiger partial charge in [-0.2, -0.15) is 0 Å². The van der Waals surface area contributed by atoms with Gasteiger partial charge < -0.3 is 9.84 Å². The van der Waals surface area contributed by atoms with Crippen molar-refractivity contribution >= 4 is 0 Å². The van der Waals surface area contributed by atoms with Crippen molar-refractivity contribution in [3.05, 3.63) is 0 Å². The molecule has 0 bridgehead atoms. The molecular weight excluding hydrogens is 272 g/mol. The van der Waals surface area contributed by atoms with Crippen molar-refractivity contribution in [2.45, 2.75) is 110 Å². The number of aliphatic hydroxyl groups is 1. The monoisotopic (exact) mass is 316 g/mol. The van der Waals surface area contributed by atoms with Crippen LogP contribution in [0.3, 0.4) is 0 Å². The fourth-order valence-corrected chi connectivity index (χ4v) is 2.66. The Bertz CT molecular complexity index is 144. The highest BCUT2D eigenvalue weighted by Gasteiger charge is 1.94. The van der Waals surface area contributed by atoms with E-state index in [1.807, 2.05) is 0 Å². The second-order valence-electron chi connectivity index (χ2n) is 6.44. The molecule has 0 aromatic carbocycles. The first kappa shape index (κ1) is 24.2. The Labute approximate surface area is 141 Å². The van der Waals surface area contributed by atoms with Gasteiger partial charge in [0.05, 0.1) is 0 Å². The number of unbranched alkanes of at least 4 members (excludes halogenated alkanes) is 15. The van der Waals surface area contributed by atoms with E-state index in [1.165, 1.54) is 96.3 Å². The zero-order valence-corrected chi connectivity index (χ0v) is 15.9. The maximum atomic E-state index is 8.67. The molecule has 136 valence electrons. The van der Waals surface area contributed by atoms with Gasteiger partial charge in [0, 0.05) is 20.8 Å². The van der Waals surface area contributed by atoms with Crippen molar-refractivity contribution in [2.24, 2.45) is 0 Å². The summed E-state index contributed by atoms with van der Waals surface area (Å²) < 4.78 is 4.25. The van der Waals surface area contributed by atoms with Crippen LogP contribution < -0.4 is 0 Å². The molecule has 0 fully saturated rings. The van der Waals surface area contributed by atoms with Gasteiger partial charge in [0.15, 0.2) is 0 Å². The van der Waals surface area contributed by atoms with Gasteiger partial charge in [-0.05, 0) is 6.42 Å². The number of hydrogen-bond donors (Lipinski definition) is 1. The van der Waals surface area contributed by atoms with E-state index in [-0.39, 0.29) is 0 Å². The molecule has 0 atom stereocenters. The van der Waals surface area contributed by atoms with Crippen molar-refractivity contribution in [2.75, 3.05) is 20.8 Å². The minimum Gasteiger partial charge on any atom is -0.396 e. The molecule has 0 aliphatic carbocycles. The summed E-state index contributed by atoms with van der Waals surface area (Å²) in [5, 5.41) is 8.67. The van der Waals surface area contributed by atoms with Crippen molar-refractivity contribution in [1.82, 2.24) is 0 Å². The molecule has 1 N–H and O–H groups in total. The van der Waals surface area contributed by atoms with Gasteiger partial charge >= 0.3 is 0 Å². The molecule has 22 heavy (non-hydrogen) atoms. The van der Waals surface area contributed by atoms with Crippen LogP contribution in [0.25, 0.3) is 0 Å². The van der Waals surface area contributed by atoms with Gasteiger partial charge in [0.1, 0.15) is 0 Å². The highest BCUT2D eigenvalue weighted by molar-refractivity contribution is 4.49. The SMILES string of the molecule is CCCCCCCCCCCCCCCCCCO.COC. The Balaban J connectivity index is 0. The highest BCUT2D eigenvalue weighted by Crippen LogP contribution is 2.13. The predicted octanol–water partition coefficient (Wildman–Crippen LogP) is 6.50. The summed E-state index contributed by atoms with van der Waals surface area (Å²) in [5.74, 6) is 0. The Morgan fingerprint density at radius 3 is 0.955 bits per heavy atom. The third-order valence-corrected chi connectivity index (χ3v) is 4.01. The summed E-state index contributed by atoms with van der Waals surface area (Å²) in [6.45, 7) is 2.66. The van der Waals surface area contributed by atoms with E-state index >= 15 is 0 Å². The fraction of sp³-hybridized carbons (Fsp3) is 1.00. The molecule has 0 saturated heterocycles. The zero-order chi connectivity index (χ0) is 16.7. The van der Waals surface area contributed by atoms with Crippen molar-refractivity contribution in [1.29, 1.82) is 0 Å². The van der Waals surface area contributed by atoms with Crippen LogP contribution in [0.2, 0.25) is 0 Å². The third-order valence-electron chi connectivity index (χ3n) is 4.01. The molecule has 0 aliphatic heterocycles. The lowest BCUT2D eigenvalue weighted by atomic mass is 10.0. The molecule has 0 aromatic heterocycles. The molecule has 0 radical (unpaired) electrons. The molecule has 0 aromatic rings. The summed E-state index contributed by atoms with van der Waals surface area (Å²) >= 11 is 0. The van der Waals surface area contributed by atoms with E-state index in [4.69, 9.17) is 5.11 Å². The number of ether oxygens (including phenoxy) is 1. The quantitative estimate of drug-likeness (QED) is 0.329. The van der Waals surface area contributed by atoms with E-state index in [2.05, 4.69) is 11.7 Å². The fourth-order valence-electron chi connectivity index (χ4n) is 2.66. The number of rotatable bonds is 16. The largest absolute Gasteiger partial charge is 0.396 e. The van der Waals surface area contributed by atoms with Crippen molar-refractivity contribution in [3.63, 3.8) is 0 Å². The molecular formula is C20H44O2. The van der Waals surface area contributed by atoms with Crippen LogP contribution in [0.15, 0.2) is 0 Å². The number of aliphatic hydroxyl groups excluding tert-OH is 1. The normalized spacial score (nSPS) is 10.4. The van der Waals surface area contributed by atoms with Crippen LogP contribution in [0.4, 0.5) is 0 Å². The molecule has 0 rings (SSSR count). The Kier molecular flexibility index (Phi) is 28.4. The minimum absolute atomic E-state index is 0.373. The van der Waals surface area contributed by atoms with E-state index in [0.717, 1.165) is 6.42 Å². The Morgan fingerprint density at radius 1 is 0.500 bits per heavy atom. The van der Waals surface area contributed by atoms with E-state index < -0.39 is 0 Å². The molecule has 0 amide bonds. The van der Waals surface area contributed by atoms with Crippen LogP contribution in [0.1, 0.15) is 110 Å². The summed E-state index contributed by atoms with van der Waals surface area (Å²) in [6.07, 6.45) is 22.2. The van der Waals surface area contributed by atoms with E-state index in [0.29, 0.717) is 6.61 Å². The Hall–Kier alpha value is -0.0800. The van der Waals surface area contributed by atoms with E-state index in [9.17, 15) is 0 Å². The van der Waals surface area contributed by atoms with Gasteiger partial charge in [0.25, 0.3) is 0 Å². The molecule has 2 nitrogen and oxygen atoms in total. The van der Waals surface area contributed by atoms with Crippen LogP contribution in [0, 0.1) is 0 Å². The summed E-state index contributed by atoms with van der Waals surface area (Å²) in [7, 11) is 3.25.